The molecular weight excluding hydrogens is 480 g/mol. The number of piperazine rings is 1. The third-order valence-corrected chi connectivity index (χ3v) is 7.90. The van der Waals surface area contributed by atoms with Gasteiger partial charge in [-0.3, -0.25) is 0 Å². The van der Waals surface area contributed by atoms with Crippen molar-refractivity contribution in [1.29, 1.82) is 0 Å². The fourth-order valence-corrected chi connectivity index (χ4v) is 5.68. The number of aromatic nitrogens is 2. The van der Waals surface area contributed by atoms with E-state index < -0.39 is 16.0 Å². The monoisotopic (exact) mass is 504 g/mol. The van der Waals surface area contributed by atoms with Crippen molar-refractivity contribution in [2.24, 2.45) is 0 Å². The Morgan fingerprint density at radius 1 is 0.861 bits per heavy atom. The lowest BCUT2D eigenvalue weighted by Crippen LogP contribution is -2.49. The van der Waals surface area contributed by atoms with E-state index in [2.05, 4.69) is 5.10 Å². The van der Waals surface area contributed by atoms with Gasteiger partial charge in [0.15, 0.2) is 5.75 Å². The minimum absolute atomic E-state index is 0.135. The highest BCUT2D eigenvalue weighted by Crippen LogP contribution is 2.30. The Hall–Kier alpha value is -4.15. The van der Waals surface area contributed by atoms with Crippen LogP contribution in [0.2, 0.25) is 0 Å². The van der Waals surface area contributed by atoms with Crippen LogP contribution in [0.25, 0.3) is 5.69 Å². The van der Waals surface area contributed by atoms with Crippen LogP contribution in [-0.4, -0.2) is 59.8 Å². The number of sulfonamides is 1. The molecule has 0 amide bonds. The Morgan fingerprint density at radius 2 is 1.58 bits per heavy atom. The first kappa shape index (κ1) is 23.6. The molecule has 1 aromatic heterocycles. The molecule has 0 unspecified atom stereocenters. The van der Waals surface area contributed by atoms with Gasteiger partial charge in [-0.2, -0.15) is 9.40 Å². The quantitative estimate of drug-likeness (QED) is 0.407. The average Bonchev–Trinajstić information content (AvgIpc) is 3.44. The first-order valence-corrected chi connectivity index (χ1v) is 12.8. The van der Waals surface area contributed by atoms with Gasteiger partial charge in [0.1, 0.15) is 11.4 Å². The van der Waals surface area contributed by atoms with Gasteiger partial charge in [-0.15, -0.1) is 0 Å². The maximum absolute atomic E-state index is 13.4. The van der Waals surface area contributed by atoms with Crippen LogP contribution >= 0.6 is 0 Å². The molecule has 184 valence electrons. The molecule has 1 saturated heterocycles. The number of rotatable bonds is 7. The average molecular weight is 505 g/mol. The Morgan fingerprint density at radius 3 is 2.31 bits per heavy atom. The van der Waals surface area contributed by atoms with Gasteiger partial charge in [-0.25, -0.2) is 17.9 Å². The standard InChI is InChI=1S/C26H24N4O5S/c31-26(32)22-9-1-2-10-23(22)28-15-17-29(18-16-28)36(33,34)21-8-5-7-20(19-21)35-25-12-4-3-11-24(25)30-14-6-13-27-30/h1-14,19H,15-18H2,(H,31,32). The highest BCUT2D eigenvalue weighted by Gasteiger charge is 2.30. The third kappa shape index (κ3) is 4.68. The Bertz CT molecular complexity index is 1480. The maximum Gasteiger partial charge on any atom is 0.337 e. The third-order valence-electron chi connectivity index (χ3n) is 6.00. The van der Waals surface area contributed by atoms with Crippen LogP contribution < -0.4 is 9.64 Å². The van der Waals surface area contributed by atoms with E-state index in [-0.39, 0.29) is 23.5 Å². The summed E-state index contributed by atoms with van der Waals surface area (Å²) in [5.74, 6) is -0.0715. The summed E-state index contributed by atoms with van der Waals surface area (Å²) in [7, 11) is -3.77. The lowest BCUT2D eigenvalue weighted by Gasteiger charge is -2.36. The number of benzene rings is 3. The van der Waals surface area contributed by atoms with E-state index in [4.69, 9.17) is 4.74 Å². The second-order valence-corrected chi connectivity index (χ2v) is 10.1. The number of aromatic carboxylic acids is 1. The number of para-hydroxylation sites is 3. The lowest BCUT2D eigenvalue weighted by molar-refractivity contribution is 0.0697. The Balaban J connectivity index is 1.33. The number of carbonyl (C=O) groups is 1. The van der Waals surface area contributed by atoms with Crippen molar-refractivity contribution in [2.75, 3.05) is 31.1 Å². The predicted molar refractivity (Wildman–Crippen MR) is 134 cm³/mol. The first-order valence-electron chi connectivity index (χ1n) is 11.4. The summed E-state index contributed by atoms with van der Waals surface area (Å²) in [6.07, 6.45) is 3.47. The normalized spacial score (nSPS) is 14.5. The van der Waals surface area contributed by atoms with Crippen LogP contribution in [0.1, 0.15) is 10.4 Å². The highest BCUT2D eigenvalue weighted by molar-refractivity contribution is 7.89. The molecule has 9 nitrogen and oxygen atoms in total. The molecule has 36 heavy (non-hydrogen) atoms. The molecule has 0 aliphatic carbocycles. The maximum atomic E-state index is 13.4. The topological polar surface area (TPSA) is 105 Å². The van der Waals surface area contributed by atoms with Crippen molar-refractivity contribution in [2.45, 2.75) is 4.90 Å². The minimum Gasteiger partial charge on any atom is -0.478 e. The minimum atomic E-state index is -3.77. The summed E-state index contributed by atoms with van der Waals surface area (Å²) in [5, 5.41) is 13.7. The SMILES string of the molecule is O=C(O)c1ccccc1N1CCN(S(=O)(=O)c2cccc(Oc3ccccc3-n3cccn3)c2)CC1. The second-order valence-electron chi connectivity index (χ2n) is 8.21. The largest absolute Gasteiger partial charge is 0.478 e. The smallest absolute Gasteiger partial charge is 0.337 e. The van der Waals surface area contributed by atoms with Crippen LogP contribution in [0.4, 0.5) is 5.69 Å². The fraction of sp³-hybridized carbons (Fsp3) is 0.154. The molecule has 0 radical (unpaired) electrons. The van der Waals surface area contributed by atoms with Gasteiger partial charge in [0.25, 0.3) is 0 Å². The molecule has 4 aromatic rings. The van der Waals surface area contributed by atoms with Crippen molar-refractivity contribution in [1.82, 2.24) is 14.1 Å². The molecule has 10 heteroatoms. The van der Waals surface area contributed by atoms with E-state index in [9.17, 15) is 18.3 Å². The second kappa shape index (κ2) is 9.84. The van der Waals surface area contributed by atoms with E-state index >= 15 is 0 Å². The number of hydrogen-bond acceptors (Lipinski definition) is 6. The van der Waals surface area contributed by atoms with Gasteiger partial charge in [-0.1, -0.05) is 30.3 Å². The molecule has 1 fully saturated rings. The van der Waals surface area contributed by atoms with Crippen molar-refractivity contribution in [3.05, 3.63) is 96.8 Å². The number of carboxylic acids is 1. The summed E-state index contributed by atoms with van der Waals surface area (Å²) < 4.78 is 36.0. The number of hydrogen-bond donors (Lipinski definition) is 1. The number of nitrogens with zero attached hydrogens (tertiary/aromatic N) is 4. The molecular formula is C26H24N4O5S. The lowest BCUT2D eigenvalue weighted by atomic mass is 10.1. The van der Waals surface area contributed by atoms with Crippen LogP contribution in [0, 0.1) is 0 Å². The van der Waals surface area contributed by atoms with Gasteiger partial charge in [0.05, 0.1) is 16.1 Å². The summed E-state index contributed by atoms with van der Waals surface area (Å²) in [4.78, 5) is 13.6. The fourth-order valence-electron chi connectivity index (χ4n) is 4.22. The van der Waals surface area contributed by atoms with Gasteiger partial charge in [0, 0.05) is 44.6 Å². The van der Waals surface area contributed by atoms with Crippen LogP contribution in [0.3, 0.4) is 0 Å². The van der Waals surface area contributed by atoms with Gasteiger partial charge >= 0.3 is 5.97 Å². The van der Waals surface area contributed by atoms with E-state index in [1.54, 1.807) is 65.6 Å². The van der Waals surface area contributed by atoms with Crippen molar-refractivity contribution in [3.63, 3.8) is 0 Å². The molecule has 0 saturated carbocycles. The molecule has 2 heterocycles. The summed E-state index contributed by atoms with van der Waals surface area (Å²) >= 11 is 0. The number of carboxylic acid groups (broad SMARTS) is 1. The van der Waals surface area contributed by atoms with Crippen molar-refractivity contribution < 1.29 is 23.1 Å². The summed E-state index contributed by atoms with van der Waals surface area (Å²) in [6.45, 7) is 1.25. The zero-order valence-corrected chi connectivity index (χ0v) is 20.1. The van der Waals surface area contributed by atoms with Gasteiger partial charge in [0.2, 0.25) is 10.0 Å². The van der Waals surface area contributed by atoms with E-state index in [1.165, 1.54) is 10.4 Å². The molecule has 0 bridgehead atoms. The molecule has 3 aromatic carbocycles. The van der Waals surface area contributed by atoms with Crippen LogP contribution in [0.15, 0.2) is 96.2 Å². The zero-order chi connectivity index (χ0) is 25.1. The number of ether oxygens (including phenoxy) is 1. The van der Waals surface area contributed by atoms with E-state index in [1.807, 2.05) is 29.2 Å². The predicted octanol–water partition coefficient (Wildman–Crippen LogP) is 3.87. The molecule has 1 N–H and O–H groups in total. The Kier molecular flexibility index (Phi) is 6.45. The molecule has 1 aliphatic heterocycles. The van der Waals surface area contributed by atoms with Gasteiger partial charge in [-0.05, 0) is 42.5 Å². The summed E-state index contributed by atoms with van der Waals surface area (Å²) in [6, 6.07) is 22.4. The van der Waals surface area contributed by atoms with Crippen molar-refractivity contribution >= 4 is 21.7 Å². The van der Waals surface area contributed by atoms with Crippen molar-refractivity contribution in [3.8, 4) is 17.2 Å². The first-order chi connectivity index (χ1) is 17.4. The zero-order valence-electron chi connectivity index (χ0n) is 19.3. The van der Waals surface area contributed by atoms with E-state index in [0.29, 0.717) is 30.3 Å². The van der Waals surface area contributed by atoms with Crippen LogP contribution in [0.5, 0.6) is 11.5 Å². The molecule has 1 aliphatic rings. The molecule has 5 rings (SSSR count). The van der Waals surface area contributed by atoms with Crippen LogP contribution in [-0.2, 0) is 10.0 Å². The highest BCUT2D eigenvalue weighted by atomic mass is 32.2. The van der Waals surface area contributed by atoms with Gasteiger partial charge < -0.3 is 14.7 Å². The van der Waals surface area contributed by atoms with E-state index in [0.717, 1.165) is 5.69 Å². The summed E-state index contributed by atoms with van der Waals surface area (Å²) in [5.41, 5.74) is 1.52. The molecule has 0 atom stereocenters. The molecule has 0 spiro atoms. The Labute approximate surface area is 208 Å². The number of anilines is 1.